The summed E-state index contributed by atoms with van der Waals surface area (Å²) >= 11 is 11.4. The Morgan fingerprint density at radius 3 is 2.69 bits per heavy atom. The van der Waals surface area contributed by atoms with E-state index in [4.69, 9.17) is 26.1 Å². The second-order valence-corrected chi connectivity index (χ2v) is 11.0. The largest absolute Gasteiger partial charge is 0.493 e. The fourth-order valence-corrected chi connectivity index (χ4v) is 5.03. The third-order valence-electron chi connectivity index (χ3n) is 5.68. The van der Waals surface area contributed by atoms with Crippen molar-refractivity contribution in [3.63, 3.8) is 0 Å². The lowest BCUT2D eigenvalue weighted by molar-refractivity contribution is -0.118. The van der Waals surface area contributed by atoms with E-state index >= 15 is 0 Å². The number of nitrogens with zero attached hydrogens (tertiary/aromatic N) is 3. The molecular weight excluding hydrogens is 699 g/mol. The Kier molecular flexibility index (Phi) is 9.98. The molecule has 1 heterocycles. The smallest absolute Gasteiger partial charge is 0.282 e. The summed E-state index contributed by atoms with van der Waals surface area (Å²) in [7, 11) is 1.52. The van der Waals surface area contributed by atoms with Crippen molar-refractivity contribution >= 4 is 78.8 Å². The van der Waals surface area contributed by atoms with E-state index in [2.05, 4.69) is 55.9 Å². The molecular formula is C28H25BrClIN4O4. The number of hydrogen-bond acceptors (Lipinski definition) is 6. The average Bonchev–Trinajstić information content (AvgIpc) is 2.92. The minimum absolute atomic E-state index is 0.211. The van der Waals surface area contributed by atoms with Crippen LogP contribution in [-0.2, 0) is 11.2 Å². The van der Waals surface area contributed by atoms with Crippen LogP contribution in [0.1, 0.15) is 31.2 Å². The van der Waals surface area contributed by atoms with Gasteiger partial charge in [-0.15, -0.1) is 0 Å². The van der Waals surface area contributed by atoms with Crippen LogP contribution in [0.4, 0.5) is 5.69 Å². The van der Waals surface area contributed by atoms with Crippen molar-refractivity contribution in [2.75, 3.05) is 19.0 Å². The molecule has 11 heteroatoms. The zero-order valence-electron chi connectivity index (χ0n) is 21.2. The van der Waals surface area contributed by atoms with Gasteiger partial charge in [0.1, 0.15) is 5.82 Å². The lowest BCUT2D eigenvalue weighted by Gasteiger charge is -2.14. The maximum Gasteiger partial charge on any atom is 0.282 e. The van der Waals surface area contributed by atoms with Gasteiger partial charge in [-0.3, -0.25) is 9.59 Å². The van der Waals surface area contributed by atoms with Crippen molar-refractivity contribution in [3.05, 3.63) is 89.4 Å². The molecule has 0 fully saturated rings. The van der Waals surface area contributed by atoms with Gasteiger partial charge >= 0.3 is 0 Å². The molecule has 0 spiro atoms. The number of hydrogen-bond donors (Lipinski definition) is 1. The van der Waals surface area contributed by atoms with Crippen LogP contribution in [0.3, 0.4) is 0 Å². The first-order chi connectivity index (χ1) is 18.8. The van der Waals surface area contributed by atoms with Crippen molar-refractivity contribution in [1.29, 1.82) is 0 Å². The predicted molar refractivity (Wildman–Crippen MR) is 167 cm³/mol. The number of benzene rings is 3. The highest BCUT2D eigenvalue weighted by Crippen LogP contribution is 2.33. The zero-order valence-corrected chi connectivity index (χ0v) is 25.7. The van der Waals surface area contributed by atoms with Crippen LogP contribution < -0.4 is 20.3 Å². The molecule has 8 nitrogen and oxygen atoms in total. The summed E-state index contributed by atoms with van der Waals surface area (Å²) in [5.74, 6) is 1.14. The summed E-state index contributed by atoms with van der Waals surface area (Å²) in [5, 5.41) is 8.33. The maximum absolute atomic E-state index is 13.3. The molecule has 0 bridgehead atoms. The van der Waals surface area contributed by atoms with Crippen LogP contribution in [0.15, 0.2) is 69.0 Å². The lowest BCUT2D eigenvalue weighted by atomic mass is 10.2. The molecule has 0 radical (unpaired) electrons. The normalized spacial score (nSPS) is 11.2. The topological polar surface area (TPSA) is 94.8 Å². The molecule has 3 aromatic carbocycles. The quantitative estimate of drug-likeness (QED) is 0.146. The monoisotopic (exact) mass is 722 g/mol. The Bertz CT molecular complexity index is 1590. The van der Waals surface area contributed by atoms with Gasteiger partial charge in [0.2, 0.25) is 0 Å². The summed E-state index contributed by atoms with van der Waals surface area (Å²) in [6.07, 6.45) is 4.06. The summed E-state index contributed by atoms with van der Waals surface area (Å²) in [6, 6.07) is 15.8. The van der Waals surface area contributed by atoms with E-state index in [-0.39, 0.29) is 18.1 Å². The second kappa shape index (κ2) is 13.4. The van der Waals surface area contributed by atoms with E-state index in [0.717, 1.165) is 17.3 Å². The van der Waals surface area contributed by atoms with E-state index in [1.165, 1.54) is 11.8 Å². The SMILES string of the molecule is CCCCc1nc2ccc(Br)cc2c(=O)n1N=Cc1cc(I)c(OCC(=O)Nc2ccc(Cl)cc2)c(OC)c1. The Hall–Kier alpha value is -2.96. The Labute approximate surface area is 252 Å². The number of anilines is 1. The standard InChI is InChI=1S/C28H25BrClIN4O4/c1-3-4-5-25-34-23-11-6-18(29)14-21(23)28(37)35(25)32-15-17-12-22(31)27(24(13-17)38-2)39-16-26(36)33-20-9-7-19(30)8-10-20/h6-15H,3-5,16H2,1-2H3,(H,33,36). The first kappa shape index (κ1) is 29.0. The molecule has 1 amide bonds. The van der Waals surface area contributed by atoms with Gasteiger partial charge in [0.15, 0.2) is 18.1 Å². The molecule has 0 atom stereocenters. The lowest BCUT2D eigenvalue weighted by Crippen LogP contribution is -2.22. The number of unbranched alkanes of at least 4 members (excludes halogenated alkanes) is 1. The Morgan fingerprint density at radius 2 is 1.97 bits per heavy atom. The van der Waals surface area contributed by atoms with Crippen LogP contribution in [0.2, 0.25) is 5.02 Å². The number of carbonyl (C=O) groups is 1. The van der Waals surface area contributed by atoms with Gasteiger partial charge in [0, 0.05) is 21.6 Å². The highest BCUT2D eigenvalue weighted by atomic mass is 127. The predicted octanol–water partition coefficient (Wildman–Crippen LogP) is 6.67. The van der Waals surface area contributed by atoms with Crippen molar-refractivity contribution in [2.45, 2.75) is 26.2 Å². The van der Waals surface area contributed by atoms with Crippen LogP contribution in [0.5, 0.6) is 11.5 Å². The molecule has 1 N–H and O–H groups in total. The molecule has 0 aliphatic rings. The van der Waals surface area contributed by atoms with Crippen LogP contribution in [-0.4, -0.2) is 35.5 Å². The van der Waals surface area contributed by atoms with Gasteiger partial charge in [0.25, 0.3) is 11.5 Å². The second-order valence-electron chi connectivity index (χ2n) is 8.53. The van der Waals surface area contributed by atoms with E-state index in [1.807, 2.05) is 18.2 Å². The molecule has 4 aromatic rings. The zero-order chi connectivity index (χ0) is 27.9. The van der Waals surface area contributed by atoms with Crippen LogP contribution >= 0.6 is 50.1 Å². The van der Waals surface area contributed by atoms with Gasteiger partial charge in [-0.1, -0.05) is 40.9 Å². The molecule has 0 aliphatic heterocycles. The number of nitrogens with one attached hydrogen (secondary N) is 1. The summed E-state index contributed by atoms with van der Waals surface area (Å²) in [5.41, 5.74) is 1.71. The highest BCUT2D eigenvalue weighted by molar-refractivity contribution is 14.1. The molecule has 4 rings (SSSR count). The van der Waals surface area contributed by atoms with E-state index in [9.17, 15) is 9.59 Å². The molecule has 1 aromatic heterocycles. The number of ether oxygens (including phenoxy) is 2. The first-order valence-electron chi connectivity index (χ1n) is 12.1. The van der Waals surface area contributed by atoms with E-state index < -0.39 is 0 Å². The number of fused-ring (bicyclic) bond motifs is 1. The fraction of sp³-hybridized carbons (Fsp3) is 0.214. The average molecular weight is 724 g/mol. The van der Waals surface area contributed by atoms with Crippen LogP contribution in [0.25, 0.3) is 10.9 Å². The van der Waals surface area contributed by atoms with Gasteiger partial charge in [-0.05, 0) is 89.2 Å². The number of aryl methyl sites for hydroxylation is 1. The third kappa shape index (κ3) is 7.37. The number of rotatable bonds is 10. The summed E-state index contributed by atoms with van der Waals surface area (Å²) < 4.78 is 14.2. The van der Waals surface area contributed by atoms with Gasteiger partial charge < -0.3 is 14.8 Å². The number of aromatic nitrogens is 2. The van der Waals surface area contributed by atoms with Gasteiger partial charge in [-0.2, -0.15) is 9.78 Å². The summed E-state index contributed by atoms with van der Waals surface area (Å²) in [4.78, 5) is 30.4. The van der Waals surface area contributed by atoms with Gasteiger partial charge in [0.05, 0.1) is 27.8 Å². The molecule has 0 saturated heterocycles. The third-order valence-corrected chi connectivity index (χ3v) is 7.23. The van der Waals surface area contributed by atoms with Crippen molar-refractivity contribution in [3.8, 4) is 11.5 Å². The van der Waals surface area contributed by atoms with Crippen molar-refractivity contribution in [1.82, 2.24) is 9.66 Å². The van der Waals surface area contributed by atoms with E-state index in [1.54, 1.807) is 42.6 Å². The molecule has 39 heavy (non-hydrogen) atoms. The minimum Gasteiger partial charge on any atom is -0.493 e. The highest BCUT2D eigenvalue weighted by Gasteiger charge is 2.15. The van der Waals surface area contributed by atoms with Gasteiger partial charge in [-0.25, -0.2) is 4.98 Å². The van der Waals surface area contributed by atoms with Crippen molar-refractivity contribution in [2.24, 2.45) is 5.10 Å². The molecule has 0 unspecified atom stereocenters. The number of methoxy groups -OCH3 is 1. The summed E-state index contributed by atoms with van der Waals surface area (Å²) in [6.45, 7) is 1.87. The molecule has 202 valence electrons. The number of amides is 1. The number of halogens is 3. The Morgan fingerprint density at radius 1 is 1.21 bits per heavy atom. The maximum atomic E-state index is 13.3. The van der Waals surface area contributed by atoms with Crippen LogP contribution in [0, 0.1) is 3.57 Å². The van der Waals surface area contributed by atoms with Crippen molar-refractivity contribution < 1.29 is 14.3 Å². The first-order valence-corrected chi connectivity index (χ1v) is 14.3. The minimum atomic E-state index is -0.324. The molecule has 0 saturated carbocycles. The molecule has 0 aliphatic carbocycles. The fourth-order valence-electron chi connectivity index (χ4n) is 3.76. The Balaban J connectivity index is 1.58. The number of carbonyl (C=O) groups excluding carboxylic acids is 1. The van der Waals surface area contributed by atoms with E-state index in [0.29, 0.717) is 54.5 Å².